The standard InChI is InChI=1S/C18H16O7/c1-22-10-6-4-9(5-7-10)17-16(21)15(20)13-11(23-2)8-12(24-3)14(19)18(13)25-17/h4-8,19,21H,1-3H3. The molecule has 7 heteroatoms. The van der Waals surface area contributed by atoms with Gasteiger partial charge in [0.2, 0.25) is 16.9 Å². The predicted octanol–water partition coefficient (Wildman–Crippen LogP) is 2.90. The summed E-state index contributed by atoms with van der Waals surface area (Å²) in [7, 11) is 4.25. The van der Waals surface area contributed by atoms with Crippen LogP contribution in [0.4, 0.5) is 0 Å². The van der Waals surface area contributed by atoms with Gasteiger partial charge in [-0.15, -0.1) is 0 Å². The summed E-state index contributed by atoms with van der Waals surface area (Å²) in [6, 6.07) is 7.91. The van der Waals surface area contributed by atoms with Gasteiger partial charge in [0.25, 0.3) is 0 Å². The molecule has 25 heavy (non-hydrogen) atoms. The third-order valence-corrected chi connectivity index (χ3v) is 3.84. The number of phenols is 1. The minimum atomic E-state index is -0.720. The first kappa shape index (κ1) is 16.5. The van der Waals surface area contributed by atoms with Crippen molar-refractivity contribution in [3.05, 3.63) is 40.6 Å². The van der Waals surface area contributed by atoms with Gasteiger partial charge in [-0.1, -0.05) is 0 Å². The first-order valence-electron chi connectivity index (χ1n) is 7.30. The lowest BCUT2D eigenvalue weighted by Crippen LogP contribution is -2.05. The maximum atomic E-state index is 12.6. The van der Waals surface area contributed by atoms with Crippen molar-refractivity contribution in [2.24, 2.45) is 0 Å². The Kier molecular flexibility index (Phi) is 4.14. The van der Waals surface area contributed by atoms with Crippen molar-refractivity contribution < 1.29 is 28.8 Å². The highest BCUT2D eigenvalue weighted by Gasteiger charge is 2.23. The van der Waals surface area contributed by atoms with Gasteiger partial charge in [-0.2, -0.15) is 0 Å². The van der Waals surface area contributed by atoms with E-state index in [1.165, 1.54) is 27.4 Å². The molecule has 1 heterocycles. The number of phenolic OH excluding ortho intramolecular Hbond substituents is 1. The molecule has 0 fully saturated rings. The zero-order chi connectivity index (χ0) is 18.1. The zero-order valence-corrected chi connectivity index (χ0v) is 13.8. The fourth-order valence-electron chi connectivity index (χ4n) is 2.54. The largest absolute Gasteiger partial charge is 0.502 e. The first-order chi connectivity index (χ1) is 12.0. The normalized spacial score (nSPS) is 10.7. The number of fused-ring (bicyclic) bond motifs is 1. The quantitative estimate of drug-likeness (QED) is 0.751. The van der Waals surface area contributed by atoms with Crippen LogP contribution in [0, 0.1) is 0 Å². The third kappa shape index (κ3) is 2.59. The molecule has 7 nitrogen and oxygen atoms in total. The molecule has 0 aliphatic heterocycles. The van der Waals surface area contributed by atoms with Crippen molar-refractivity contribution in [3.63, 3.8) is 0 Å². The highest BCUT2D eigenvalue weighted by molar-refractivity contribution is 5.93. The van der Waals surface area contributed by atoms with Gasteiger partial charge in [0, 0.05) is 11.6 Å². The average Bonchev–Trinajstić information content (AvgIpc) is 2.65. The number of hydrogen-bond donors (Lipinski definition) is 2. The first-order valence-corrected chi connectivity index (χ1v) is 7.30. The van der Waals surface area contributed by atoms with E-state index in [-0.39, 0.29) is 34.0 Å². The molecule has 3 aromatic rings. The van der Waals surface area contributed by atoms with E-state index in [2.05, 4.69) is 0 Å². The highest BCUT2D eigenvalue weighted by Crippen LogP contribution is 2.42. The van der Waals surface area contributed by atoms with E-state index in [1.807, 2.05) is 0 Å². The topological polar surface area (TPSA) is 98.4 Å². The Bertz CT molecular complexity index is 987. The maximum Gasteiger partial charge on any atom is 0.238 e. The molecule has 0 unspecified atom stereocenters. The fraction of sp³-hybridized carbons (Fsp3) is 0.167. The zero-order valence-electron chi connectivity index (χ0n) is 13.8. The van der Waals surface area contributed by atoms with Crippen LogP contribution in [0.15, 0.2) is 39.5 Å². The number of ether oxygens (including phenoxy) is 3. The number of hydrogen-bond acceptors (Lipinski definition) is 7. The van der Waals surface area contributed by atoms with E-state index in [9.17, 15) is 15.0 Å². The molecule has 0 aliphatic carbocycles. The molecule has 0 amide bonds. The molecule has 0 saturated heterocycles. The lowest BCUT2D eigenvalue weighted by Gasteiger charge is -2.12. The van der Waals surface area contributed by atoms with E-state index >= 15 is 0 Å². The van der Waals surface area contributed by atoms with E-state index in [0.717, 1.165) is 0 Å². The fourth-order valence-corrected chi connectivity index (χ4v) is 2.54. The van der Waals surface area contributed by atoms with Crippen molar-refractivity contribution >= 4 is 11.0 Å². The second kappa shape index (κ2) is 6.27. The molecule has 2 aromatic carbocycles. The average molecular weight is 344 g/mol. The molecule has 0 radical (unpaired) electrons. The van der Waals surface area contributed by atoms with E-state index in [4.69, 9.17) is 18.6 Å². The lowest BCUT2D eigenvalue weighted by molar-refractivity contribution is 0.362. The van der Waals surface area contributed by atoms with Crippen LogP contribution in [0.5, 0.6) is 28.7 Å². The number of aromatic hydroxyl groups is 2. The summed E-state index contributed by atoms with van der Waals surface area (Å²) in [6.07, 6.45) is 0. The highest BCUT2D eigenvalue weighted by atomic mass is 16.5. The van der Waals surface area contributed by atoms with Crippen LogP contribution in [-0.4, -0.2) is 31.5 Å². The van der Waals surface area contributed by atoms with Crippen molar-refractivity contribution in [1.29, 1.82) is 0 Å². The van der Waals surface area contributed by atoms with Gasteiger partial charge in [-0.05, 0) is 24.3 Å². The number of benzene rings is 2. The Balaban J connectivity index is 2.36. The van der Waals surface area contributed by atoms with Crippen molar-refractivity contribution in [2.45, 2.75) is 0 Å². The lowest BCUT2D eigenvalue weighted by atomic mass is 10.1. The van der Waals surface area contributed by atoms with Crippen LogP contribution in [0.2, 0.25) is 0 Å². The Labute approximate surface area is 142 Å². The molecule has 1 aromatic heterocycles. The summed E-state index contributed by atoms with van der Waals surface area (Å²) in [5, 5.41) is 20.6. The predicted molar refractivity (Wildman–Crippen MR) is 90.9 cm³/mol. The molecule has 0 saturated carbocycles. The van der Waals surface area contributed by atoms with Gasteiger partial charge < -0.3 is 28.8 Å². The number of rotatable bonds is 4. The molecule has 0 aliphatic rings. The van der Waals surface area contributed by atoms with Crippen LogP contribution in [0.25, 0.3) is 22.3 Å². The Hall–Kier alpha value is -3.35. The summed E-state index contributed by atoms with van der Waals surface area (Å²) in [5.41, 5.74) is -0.412. The van der Waals surface area contributed by atoms with Gasteiger partial charge in [-0.25, -0.2) is 0 Å². The van der Waals surface area contributed by atoms with Crippen LogP contribution in [-0.2, 0) is 0 Å². The minimum Gasteiger partial charge on any atom is -0.502 e. The Morgan fingerprint density at radius 2 is 1.52 bits per heavy atom. The summed E-state index contributed by atoms with van der Waals surface area (Å²) < 4.78 is 21.0. The molecule has 130 valence electrons. The molecule has 0 bridgehead atoms. The van der Waals surface area contributed by atoms with Crippen LogP contribution in [0.1, 0.15) is 0 Å². The summed E-state index contributed by atoms with van der Waals surface area (Å²) in [4.78, 5) is 12.6. The molecule has 0 atom stereocenters. The van der Waals surface area contributed by atoms with Gasteiger partial charge in [0.1, 0.15) is 16.9 Å². The van der Waals surface area contributed by atoms with Crippen molar-refractivity contribution in [2.75, 3.05) is 21.3 Å². The molecule has 0 spiro atoms. The molecule has 2 N–H and O–H groups in total. The van der Waals surface area contributed by atoms with Crippen LogP contribution in [0.3, 0.4) is 0 Å². The molecular weight excluding hydrogens is 328 g/mol. The summed E-state index contributed by atoms with van der Waals surface area (Å²) in [5.74, 6) is -0.206. The molecule has 3 rings (SSSR count). The SMILES string of the molecule is COc1ccc(-c2oc3c(O)c(OC)cc(OC)c3c(=O)c2O)cc1. The minimum absolute atomic E-state index is 0.0736. The van der Waals surface area contributed by atoms with Crippen LogP contribution >= 0.6 is 0 Å². The van der Waals surface area contributed by atoms with E-state index < -0.39 is 11.2 Å². The summed E-state index contributed by atoms with van der Waals surface area (Å²) in [6.45, 7) is 0. The van der Waals surface area contributed by atoms with Crippen molar-refractivity contribution in [3.8, 4) is 40.1 Å². The Morgan fingerprint density at radius 3 is 2.08 bits per heavy atom. The monoisotopic (exact) mass is 344 g/mol. The maximum absolute atomic E-state index is 12.6. The summed E-state index contributed by atoms with van der Waals surface area (Å²) >= 11 is 0. The van der Waals surface area contributed by atoms with E-state index in [0.29, 0.717) is 11.3 Å². The van der Waals surface area contributed by atoms with Gasteiger partial charge in [0.05, 0.1) is 21.3 Å². The van der Waals surface area contributed by atoms with Crippen LogP contribution < -0.4 is 19.6 Å². The Morgan fingerprint density at radius 1 is 0.880 bits per heavy atom. The van der Waals surface area contributed by atoms with Crippen molar-refractivity contribution in [1.82, 2.24) is 0 Å². The van der Waals surface area contributed by atoms with Gasteiger partial charge in [-0.3, -0.25) is 4.79 Å². The third-order valence-electron chi connectivity index (χ3n) is 3.84. The smallest absolute Gasteiger partial charge is 0.238 e. The van der Waals surface area contributed by atoms with Gasteiger partial charge in [0.15, 0.2) is 17.1 Å². The number of methoxy groups -OCH3 is 3. The second-order valence-corrected chi connectivity index (χ2v) is 5.17. The van der Waals surface area contributed by atoms with E-state index in [1.54, 1.807) is 24.3 Å². The van der Waals surface area contributed by atoms with Gasteiger partial charge >= 0.3 is 0 Å². The molecular formula is C18H16O7. The second-order valence-electron chi connectivity index (χ2n) is 5.17.